The fourth-order valence-corrected chi connectivity index (χ4v) is 4.02. The van der Waals surface area contributed by atoms with Gasteiger partial charge >= 0.3 is 6.03 Å². The predicted octanol–water partition coefficient (Wildman–Crippen LogP) is 0.117. The third-order valence-corrected chi connectivity index (χ3v) is 5.89. The fourth-order valence-electron chi connectivity index (χ4n) is 2.52. The zero-order valence-corrected chi connectivity index (χ0v) is 15.0. The van der Waals surface area contributed by atoms with Crippen LogP contribution in [0.2, 0.25) is 0 Å². The van der Waals surface area contributed by atoms with E-state index in [1.54, 1.807) is 0 Å². The number of hydrogen-bond acceptors (Lipinski definition) is 5. The molecule has 0 saturated carbocycles. The van der Waals surface area contributed by atoms with Crippen LogP contribution < -0.4 is 10.6 Å². The largest absolute Gasteiger partial charge is 0.341 e. The van der Waals surface area contributed by atoms with Crippen LogP contribution in [0.25, 0.3) is 0 Å². The van der Waals surface area contributed by atoms with Gasteiger partial charge in [0.05, 0.1) is 0 Å². The monoisotopic (exact) mass is 390 g/mol. The van der Waals surface area contributed by atoms with E-state index in [4.69, 9.17) is 0 Å². The Labute approximate surface area is 150 Å². The van der Waals surface area contributed by atoms with Gasteiger partial charge in [0.1, 0.15) is 16.5 Å². The number of nitrogens with one attached hydrogen (secondary N) is 2. The highest BCUT2D eigenvalue weighted by molar-refractivity contribution is 7.89. The van der Waals surface area contributed by atoms with Crippen LogP contribution in [0.3, 0.4) is 0 Å². The van der Waals surface area contributed by atoms with E-state index in [1.165, 1.54) is 7.05 Å². The van der Waals surface area contributed by atoms with E-state index in [2.05, 4.69) is 10.6 Å². The molecule has 0 radical (unpaired) electrons. The molecule has 8 nitrogen and oxygen atoms in total. The molecule has 144 valence electrons. The van der Waals surface area contributed by atoms with Crippen molar-refractivity contribution in [3.05, 3.63) is 29.8 Å². The van der Waals surface area contributed by atoms with Crippen LogP contribution in [0, 0.1) is 11.6 Å². The van der Waals surface area contributed by atoms with Crippen molar-refractivity contribution < 1.29 is 26.8 Å². The number of piperazine rings is 1. The van der Waals surface area contributed by atoms with Gasteiger partial charge in [0.15, 0.2) is 0 Å². The molecule has 0 bridgehead atoms. The molecule has 0 aliphatic carbocycles. The number of carbonyl (C=O) groups excluding carboxylic acids is 2. The highest BCUT2D eigenvalue weighted by Crippen LogP contribution is 2.21. The minimum absolute atomic E-state index is 0.0820. The van der Waals surface area contributed by atoms with Crippen LogP contribution in [0.4, 0.5) is 13.6 Å². The van der Waals surface area contributed by atoms with E-state index < -0.39 is 38.5 Å². The van der Waals surface area contributed by atoms with E-state index >= 15 is 0 Å². The molecule has 1 aliphatic heterocycles. The summed E-state index contributed by atoms with van der Waals surface area (Å²) in [5.41, 5.74) is 0. The summed E-state index contributed by atoms with van der Waals surface area (Å²) in [5.74, 6) is -2.27. The minimum atomic E-state index is -4.13. The minimum Gasteiger partial charge on any atom is -0.341 e. The van der Waals surface area contributed by atoms with Crippen LogP contribution in [0.1, 0.15) is 6.42 Å². The zero-order valence-electron chi connectivity index (χ0n) is 14.2. The number of amides is 3. The van der Waals surface area contributed by atoms with Gasteiger partial charge in [-0.25, -0.2) is 22.0 Å². The summed E-state index contributed by atoms with van der Waals surface area (Å²) in [4.78, 5) is 23.8. The summed E-state index contributed by atoms with van der Waals surface area (Å²) in [7, 11) is -2.74. The van der Waals surface area contributed by atoms with Gasteiger partial charge < -0.3 is 10.2 Å². The topological polar surface area (TPSA) is 98.8 Å². The number of nitrogens with zero attached hydrogens (tertiary/aromatic N) is 2. The van der Waals surface area contributed by atoms with E-state index in [1.807, 2.05) is 4.90 Å². The van der Waals surface area contributed by atoms with Gasteiger partial charge in [-0.15, -0.1) is 0 Å². The second-order valence-corrected chi connectivity index (χ2v) is 7.60. The Kier molecular flexibility index (Phi) is 6.62. The Morgan fingerprint density at radius 1 is 1.15 bits per heavy atom. The standard InChI is InChI=1S/C15H20F2N4O4S/c1-18-15(23)19-14(22)4-5-20-6-8-21(9-7-20)26(24,25)13-10-11(16)2-3-12(13)17/h2-3,10H,4-9H2,1H3,(H2,18,19,22,23). The number of hydrogen-bond donors (Lipinski definition) is 2. The van der Waals surface area contributed by atoms with Crippen molar-refractivity contribution in [2.75, 3.05) is 39.8 Å². The SMILES string of the molecule is CNC(=O)NC(=O)CCN1CCN(S(=O)(=O)c2cc(F)ccc2F)CC1. The molecule has 2 N–H and O–H groups in total. The quantitative estimate of drug-likeness (QED) is 0.744. The molecule has 1 saturated heterocycles. The van der Waals surface area contributed by atoms with Crippen molar-refractivity contribution in [2.45, 2.75) is 11.3 Å². The van der Waals surface area contributed by atoms with Crippen LogP contribution >= 0.6 is 0 Å². The summed E-state index contributed by atoms with van der Waals surface area (Å²) < 4.78 is 53.1. The first-order valence-electron chi connectivity index (χ1n) is 7.93. The Balaban J connectivity index is 1.90. The van der Waals surface area contributed by atoms with Gasteiger partial charge in [0, 0.05) is 46.2 Å². The van der Waals surface area contributed by atoms with Gasteiger partial charge in [-0.1, -0.05) is 0 Å². The van der Waals surface area contributed by atoms with Crippen LogP contribution in [-0.2, 0) is 14.8 Å². The maximum atomic E-state index is 13.8. The zero-order chi connectivity index (χ0) is 19.3. The van der Waals surface area contributed by atoms with Crippen LogP contribution in [0.15, 0.2) is 23.1 Å². The summed E-state index contributed by atoms with van der Waals surface area (Å²) >= 11 is 0. The first-order valence-corrected chi connectivity index (χ1v) is 9.37. The molecule has 1 fully saturated rings. The smallest absolute Gasteiger partial charge is 0.321 e. The van der Waals surface area contributed by atoms with E-state index in [0.717, 1.165) is 16.4 Å². The van der Waals surface area contributed by atoms with E-state index in [-0.39, 0.29) is 19.5 Å². The number of carbonyl (C=O) groups is 2. The van der Waals surface area contributed by atoms with Gasteiger partial charge in [0.2, 0.25) is 15.9 Å². The fraction of sp³-hybridized carbons (Fsp3) is 0.467. The first-order chi connectivity index (χ1) is 12.2. The van der Waals surface area contributed by atoms with Crippen molar-refractivity contribution in [2.24, 2.45) is 0 Å². The number of halogens is 2. The highest BCUT2D eigenvalue weighted by atomic mass is 32.2. The summed E-state index contributed by atoms with van der Waals surface area (Å²) in [6, 6.07) is 1.71. The second-order valence-electron chi connectivity index (χ2n) is 5.70. The Morgan fingerprint density at radius 2 is 1.81 bits per heavy atom. The molecule has 26 heavy (non-hydrogen) atoms. The highest BCUT2D eigenvalue weighted by Gasteiger charge is 2.31. The van der Waals surface area contributed by atoms with Gasteiger partial charge in [-0.05, 0) is 18.2 Å². The van der Waals surface area contributed by atoms with Crippen LogP contribution in [0.5, 0.6) is 0 Å². The summed E-state index contributed by atoms with van der Waals surface area (Å²) in [6.07, 6.45) is 0.0820. The Morgan fingerprint density at radius 3 is 2.42 bits per heavy atom. The van der Waals surface area contributed by atoms with E-state index in [0.29, 0.717) is 25.7 Å². The third-order valence-electron chi connectivity index (χ3n) is 3.98. The normalized spacial score (nSPS) is 16.3. The Bertz CT molecular complexity index is 780. The molecule has 0 spiro atoms. The molecule has 0 atom stereocenters. The molecule has 0 unspecified atom stereocenters. The first kappa shape index (κ1) is 20.2. The van der Waals surface area contributed by atoms with Crippen molar-refractivity contribution >= 4 is 22.0 Å². The maximum Gasteiger partial charge on any atom is 0.321 e. The summed E-state index contributed by atoms with van der Waals surface area (Å²) in [5, 5.41) is 4.40. The van der Waals surface area contributed by atoms with Crippen molar-refractivity contribution in [3.63, 3.8) is 0 Å². The third kappa shape index (κ3) is 4.96. The average Bonchev–Trinajstić information content (AvgIpc) is 2.62. The maximum absolute atomic E-state index is 13.8. The lowest BCUT2D eigenvalue weighted by atomic mass is 10.3. The molecular formula is C15H20F2N4O4S. The number of rotatable bonds is 5. The summed E-state index contributed by atoms with van der Waals surface area (Å²) in [6.45, 7) is 1.21. The molecule has 0 aromatic heterocycles. The van der Waals surface area contributed by atoms with Gasteiger partial charge in [0.25, 0.3) is 0 Å². The van der Waals surface area contributed by atoms with Crippen molar-refractivity contribution in [3.8, 4) is 0 Å². The van der Waals surface area contributed by atoms with Gasteiger partial charge in [-0.2, -0.15) is 4.31 Å². The van der Waals surface area contributed by atoms with E-state index in [9.17, 15) is 26.8 Å². The molecule has 2 rings (SSSR count). The lowest BCUT2D eigenvalue weighted by molar-refractivity contribution is -0.120. The number of benzene rings is 1. The lowest BCUT2D eigenvalue weighted by Crippen LogP contribution is -2.49. The molecule has 3 amide bonds. The number of sulfonamides is 1. The molecular weight excluding hydrogens is 370 g/mol. The lowest BCUT2D eigenvalue weighted by Gasteiger charge is -2.33. The van der Waals surface area contributed by atoms with Gasteiger partial charge in [-0.3, -0.25) is 10.1 Å². The van der Waals surface area contributed by atoms with Crippen molar-refractivity contribution in [1.82, 2.24) is 19.8 Å². The van der Waals surface area contributed by atoms with Crippen LogP contribution in [-0.4, -0.2) is 69.3 Å². The molecule has 1 heterocycles. The Hall–Kier alpha value is -2.11. The molecule has 1 aliphatic rings. The second kappa shape index (κ2) is 8.52. The van der Waals surface area contributed by atoms with Crippen molar-refractivity contribution in [1.29, 1.82) is 0 Å². The predicted molar refractivity (Wildman–Crippen MR) is 88.8 cm³/mol. The molecule has 1 aromatic carbocycles. The number of imide groups is 1. The molecule has 11 heteroatoms. The number of urea groups is 1. The molecule has 1 aromatic rings. The average molecular weight is 390 g/mol.